The zero-order chi connectivity index (χ0) is 20.3. The van der Waals surface area contributed by atoms with E-state index in [-0.39, 0.29) is 24.2 Å². The highest BCUT2D eigenvalue weighted by molar-refractivity contribution is 9.10. The van der Waals surface area contributed by atoms with Crippen LogP contribution in [-0.4, -0.2) is 32.6 Å². The molecule has 6 nitrogen and oxygen atoms in total. The first-order valence-electron chi connectivity index (χ1n) is 8.98. The Morgan fingerprint density at radius 3 is 2.61 bits per heavy atom. The maximum atomic E-state index is 12.6. The highest BCUT2D eigenvalue weighted by Gasteiger charge is 2.35. The van der Waals surface area contributed by atoms with Crippen molar-refractivity contribution >= 4 is 33.4 Å². The molecular weight excluding hydrogens is 424 g/mol. The van der Waals surface area contributed by atoms with E-state index in [1.165, 1.54) is 0 Å². The highest BCUT2D eigenvalue weighted by Crippen LogP contribution is 2.29. The van der Waals surface area contributed by atoms with Crippen molar-refractivity contribution in [3.63, 3.8) is 0 Å². The quantitative estimate of drug-likeness (QED) is 0.737. The maximum absolute atomic E-state index is 12.6. The number of anilines is 1. The molecule has 1 unspecified atom stereocenters. The van der Waals surface area contributed by atoms with Gasteiger partial charge in [-0.2, -0.15) is 0 Å². The molecule has 1 atom stereocenters. The number of ether oxygens (including phenoxy) is 2. The van der Waals surface area contributed by atoms with Gasteiger partial charge in [0, 0.05) is 29.7 Å². The molecule has 0 spiro atoms. The molecule has 2 aromatic rings. The lowest BCUT2D eigenvalue weighted by Crippen LogP contribution is -2.32. The summed E-state index contributed by atoms with van der Waals surface area (Å²) in [6.07, 6.45) is 0.215. The fraction of sp³-hybridized carbons (Fsp3) is 0.333. The van der Waals surface area contributed by atoms with Gasteiger partial charge in [-0.3, -0.25) is 9.59 Å². The van der Waals surface area contributed by atoms with Gasteiger partial charge in [0.25, 0.3) is 0 Å². The molecule has 0 aliphatic carbocycles. The van der Waals surface area contributed by atoms with Crippen LogP contribution in [0.5, 0.6) is 11.5 Å². The van der Waals surface area contributed by atoms with Gasteiger partial charge in [-0.25, -0.2) is 0 Å². The standard InChI is InChI=1S/C21H23BrN2O4/c1-13-8-16(5-6-17(13)22)24-12-15(10-20(24)25)21(26)23-11-14-4-7-18(27-2)19(9-14)28-3/h4-9,15H,10-12H2,1-3H3,(H,23,26). The highest BCUT2D eigenvalue weighted by atomic mass is 79.9. The van der Waals surface area contributed by atoms with E-state index >= 15 is 0 Å². The fourth-order valence-corrected chi connectivity index (χ4v) is 3.50. The summed E-state index contributed by atoms with van der Waals surface area (Å²) in [5.74, 6) is 0.727. The largest absolute Gasteiger partial charge is 0.493 e. The van der Waals surface area contributed by atoms with Gasteiger partial charge in [-0.15, -0.1) is 0 Å². The number of nitrogens with zero attached hydrogens (tertiary/aromatic N) is 1. The van der Waals surface area contributed by atoms with Crippen molar-refractivity contribution in [3.8, 4) is 11.5 Å². The van der Waals surface area contributed by atoms with Crippen molar-refractivity contribution < 1.29 is 19.1 Å². The summed E-state index contributed by atoms with van der Waals surface area (Å²) in [7, 11) is 3.15. The summed E-state index contributed by atoms with van der Waals surface area (Å²) in [5, 5.41) is 2.92. The molecule has 0 radical (unpaired) electrons. The molecule has 0 saturated carbocycles. The Labute approximate surface area is 172 Å². The summed E-state index contributed by atoms with van der Waals surface area (Å²) in [5.41, 5.74) is 2.77. The number of nitrogens with one attached hydrogen (secondary N) is 1. The van der Waals surface area contributed by atoms with Crippen LogP contribution < -0.4 is 19.7 Å². The predicted octanol–water partition coefficient (Wildman–Crippen LogP) is 3.44. The molecule has 1 aliphatic rings. The molecule has 2 aromatic carbocycles. The van der Waals surface area contributed by atoms with Gasteiger partial charge in [0.1, 0.15) is 0 Å². The van der Waals surface area contributed by atoms with Crippen LogP contribution in [0.4, 0.5) is 5.69 Å². The van der Waals surface area contributed by atoms with Crippen LogP contribution in [0.3, 0.4) is 0 Å². The molecule has 2 amide bonds. The van der Waals surface area contributed by atoms with Crippen molar-refractivity contribution in [1.29, 1.82) is 0 Å². The second kappa shape index (κ2) is 8.65. The average Bonchev–Trinajstić information content (AvgIpc) is 3.09. The lowest BCUT2D eigenvalue weighted by molar-refractivity contribution is -0.126. The lowest BCUT2D eigenvalue weighted by atomic mass is 10.1. The summed E-state index contributed by atoms with van der Waals surface area (Å²) in [6, 6.07) is 11.3. The summed E-state index contributed by atoms with van der Waals surface area (Å²) in [4.78, 5) is 26.7. The van der Waals surface area contributed by atoms with Gasteiger partial charge in [-0.05, 0) is 48.4 Å². The Hall–Kier alpha value is -2.54. The summed E-state index contributed by atoms with van der Waals surface area (Å²) >= 11 is 3.47. The van der Waals surface area contributed by atoms with Crippen LogP contribution in [0.1, 0.15) is 17.5 Å². The minimum atomic E-state index is -0.364. The van der Waals surface area contributed by atoms with Crippen LogP contribution in [0.2, 0.25) is 0 Å². The summed E-state index contributed by atoms with van der Waals surface area (Å²) in [6.45, 7) is 2.72. The topological polar surface area (TPSA) is 67.9 Å². The van der Waals surface area contributed by atoms with E-state index in [1.54, 1.807) is 25.2 Å². The number of rotatable bonds is 6. The molecule has 148 valence electrons. The molecule has 3 rings (SSSR count). The van der Waals surface area contributed by atoms with E-state index in [0.717, 1.165) is 21.3 Å². The zero-order valence-corrected chi connectivity index (χ0v) is 17.7. The first kappa shape index (κ1) is 20.2. The van der Waals surface area contributed by atoms with Gasteiger partial charge < -0.3 is 19.7 Å². The first-order valence-corrected chi connectivity index (χ1v) is 9.77. The molecule has 1 fully saturated rings. The lowest BCUT2D eigenvalue weighted by Gasteiger charge is -2.18. The van der Waals surface area contributed by atoms with Gasteiger partial charge in [-0.1, -0.05) is 22.0 Å². The third-order valence-corrected chi connectivity index (χ3v) is 5.75. The van der Waals surface area contributed by atoms with E-state index in [9.17, 15) is 9.59 Å². The fourth-order valence-electron chi connectivity index (χ4n) is 3.25. The maximum Gasteiger partial charge on any atom is 0.227 e. The Kier molecular flexibility index (Phi) is 6.24. The molecule has 0 aromatic heterocycles. The van der Waals surface area contributed by atoms with Gasteiger partial charge in [0.2, 0.25) is 11.8 Å². The molecule has 1 heterocycles. The molecule has 0 bridgehead atoms. The normalized spacial score (nSPS) is 16.2. The number of halogens is 1. The Bertz CT molecular complexity index is 900. The van der Waals surface area contributed by atoms with Crippen LogP contribution in [0.15, 0.2) is 40.9 Å². The van der Waals surface area contributed by atoms with Crippen LogP contribution in [0.25, 0.3) is 0 Å². The molecular formula is C21H23BrN2O4. The average molecular weight is 447 g/mol. The summed E-state index contributed by atoms with van der Waals surface area (Å²) < 4.78 is 11.5. The second-order valence-corrected chi connectivity index (χ2v) is 7.60. The molecule has 1 saturated heterocycles. The van der Waals surface area contributed by atoms with Crippen LogP contribution in [0, 0.1) is 12.8 Å². The van der Waals surface area contributed by atoms with Crippen LogP contribution >= 0.6 is 15.9 Å². The Balaban J connectivity index is 1.62. The number of carbonyl (C=O) groups excluding carboxylic acids is 2. The van der Waals surface area contributed by atoms with Gasteiger partial charge in [0.05, 0.1) is 20.1 Å². The van der Waals surface area contributed by atoms with Gasteiger partial charge >= 0.3 is 0 Å². The SMILES string of the molecule is COc1ccc(CNC(=O)C2CC(=O)N(c3ccc(Br)c(C)c3)C2)cc1OC. The minimum absolute atomic E-state index is 0.0343. The van der Waals surface area contributed by atoms with E-state index < -0.39 is 0 Å². The van der Waals surface area contributed by atoms with Crippen molar-refractivity contribution in [3.05, 3.63) is 52.0 Å². The van der Waals surface area contributed by atoms with E-state index in [2.05, 4.69) is 21.2 Å². The van der Waals surface area contributed by atoms with Crippen molar-refractivity contribution in [2.75, 3.05) is 25.7 Å². The third-order valence-electron chi connectivity index (χ3n) is 4.86. The zero-order valence-electron chi connectivity index (χ0n) is 16.1. The van der Waals surface area contributed by atoms with Gasteiger partial charge in [0.15, 0.2) is 11.5 Å². The van der Waals surface area contributed by atoms with Crippen molar-refractivity contribution in [2.45, 2.75) is 19.9 Å². The second-order valence-electron chi connectivity index (χ2n) is 6.75. The number of aryl methyl sites for hydroxylation is 1. The smallest absolute Gasteiger partial charge is 0.227 e. The van der Waals surface area contributed by atoms with Crippen molar-refractivity contribution in [1.82, 2.24) is 5.32 Å². The molecule has 28 heavy (non-hydrogen) atoms. The number of amides is 2. The third kappa shape index (κ3) is 4.30. The Morgan fingerprint density at radius 1 is 1.18 bits per heavy atom. The van der Waals surface area contributed by atoms with E-state index in [4.69, 9.17) is 9.47 Å². The first-order chi connectivity index (χ1) is 13.4. The minimum Gasteiger partial charge on any atom is -0.493 e. The number of benzene rings is 2. The van der Waals surface area contributed by atoms with E-state index in [0.29, 0.717) is 24.6 Å². The number of hydrogen-bond donors (Lipinski definition) is 1. The molecule has 1 N–H and O–H groups in total. The van der Waals surface area contributed by atoms with Crippen LogP contribution in [-0.2, 0) is 16.1 Å². The van der Waals surface area contributed by atoms with E-state index in [1.807, 2.05) is 37.3 Å². The predicted molar refractivity (Wildman–Crippen MR) is 111 cm³/mol. The molecule has 7 heteroatoms. The Morgan fingerprint density at radius 2 is 1.93 bits per heavy atom. The number of carbonyl (C=O) groups is 2. The monoisotopic (exact) mass is 446 g/mol. The number of hydrogen-bond acceptors (Lipinski definition) is 4. The van der Waals surface area contributed by atoms with Crippen molar-refractivity contribution in [2.24, 2.45) is 5.92 Å². The number of methoxy groups -OCH3 is 2. The molecule has 1 aliphatic heterocycles.